The highest BCUT2D eigenvalue weighted by molar-refractivity contribution is 7.45. The molecule has 0 bridgehead atoms. The summed E-state index contributed by atoms with van der Waals surface area (Å²) in [5, 5.41) is 3.82. The maximum Gasteiger partial charge on any atom is 0.466 e. The average molecular weight is 367 g/mol. The first-order valence-corrected chi connectivity index (χ1v) is 9.39. The van der Waals surface area contributed by atoms with Crippen LogP contribution in [0.2, 0.25) is 0 Å². The summed E-state index contributed by atoms with van der Waals surface area (Å²) in [6, 6.07) is 8.07. The summed E-state index contributed by atoms with van der Waals surface area (Å²) < 4.78 is 8.88. The van der Waals surface area contributed by atoms with Gasteiger partial charge in [0, 0.05) is 35.4 Å². The molecule has 0 atom stereocenters. The van der Waals surface area contributed by atoms with Crippen molar-refractivity contribution in [1.29, 1.82) is 0 Å². The maximum absolute atomic E-state index is 10.5. The molecule has 0 unspecified atom stereocenters. The van der Waals surface area contributed by atoms with Crippen LogP contribution in [0.25, 0.3) is 16.5 Å². The van der Waals surface area contributed by atoms with Gasteiger partial charge in [-0.15, -0.1) is 0 Å². The summed E-state index contributed by atoms with van der Waals surface area (Å²) in [6.45, 7) is 5.45. The van der Waals surface area contributed by atoms with Gasteiger partial charge in [-0.05, 0) is 42.8 Å². The van der Waals surface area contributed by atoms with Crippen molar-refractivity contribution in [3.8, 4) is 0 Å². The van der Waals surface area contributed by atoms with E-state index in [1.165, 1.54) is 11.3 Å². The zero-order valence-electron chi connectivity index (χ0n) is 13.8. The number of H-pyrrole nitrogens is 1. The van der Waals surface area contributed by atoms with Crippen molar-refractivity contribution in [3.05, 3.63) is 36.0 Å². The molecule has 0 aliphatic carbocycles. The first-order valence-electron chi connectivity index (χ1n) is 7.83. The molecule has 5 N–H and O–H groups in total. The first kappa shape index (κ1) is 19.4. The molecule has 0 saturated heterocycles. The monoisotopic (exact) mass is 367 g/mol. The van der Waals surface area contributed by atoms with Crippen molar-refractivity contribution in [2.45, 2.75) is 13.3 Å². The van der Waals surface area contributed by atoms with Gasteiger partial charge in [-0.25, -0.2) is 4.57 Å². The van der Waals surface area contributed by atoms with Crippen LogP contribution in [0.5, 0.6) is 0 Å². The van der Waals surface area contributed by atoms with Gasteiger partial charge < -0.3 is 25.0 Å². The summed E-state index contributed by atoms with van der Waals surface area (Å²) in [5.41, 5.74) is 4.51. The Morgan fingerprint density at radius 2 is 2.04 bits per heavy atom. The molecule has 1 aliphatic heterocycles. The van der Waals surface area contributed by atoms with Crippen molar-refractivity contribution in [2.75, 3.05) is 25.0 Å². The highest BCUT2D eigenvalue weighted by Gasteiger charge is 2.13. The Hall–Kier alpha value is -1.96. The largest absolute Gasteiger partial charge is 0.466 e. The molecule has 2 aromatic rings. The fourth-order valence-corrected chi connectivity index (χ4v) is 2.71. The zero-order valence-corrected chi connectivity index (χ0v) is 14.7. The lowest BCUT2D eigenvalue weighted by molar-refractivity contribution is -0.105. The predicted molar refractivity (Wildman–Crippen MR) is 97.0 cm³/mol. The van der Waals surface area contributed by atoms with Crippen LogP contribution in [0.3, 0.4) is 0 Å². The number of nitrogens with one attached hydrogen (secondary N) is 2. The Morgan fingerprint density at radius 1 is 1.32 bits per heavy atom. The van der Waals surface area contributed by atoms with Crippen molar-refractivity contribution in [2.24, 2.45) is 0 Å². The van der Waals surface area contributed by atoms with Crippen LogP contribution in [-0.4, -0.2) is 50.6 Å². The Morgan fingerprint density at radius 3 is 2.60 bits per heavy atom. The molecule has 136 valence electrons. The van der Waals surface area contributed by atoms with Crippen molar-refractivity contribution in [1.82, 2.24) is 9.88 Å². The summed E-state index contributed by atoms with van der Waals surface area (Å²) in [6.07, 6.45) is 4.10. The maximum atomic E-state index is 10.5. The Labute approximate surface area is 145 Å². The third-order valence-electron chi connectivity index (χ3n) is 3.93. The Kier molecular flexibility index (Phi) is 6.52. The second kappa shape index (κ2) is 8.42. The summed E-state index contributed by atoms with van der Waals surface area (Å²) in [5.74, 6) is 0. The number of phosphoric acid groups is 1. The highest BCUT2D eigenvalue weighted by atomic mass is 31.2. The van der Waals surface area contributed by atoms with Gasteiger partial charge in [0.2, 0.25) is 6.41 Å². The molecule has 9 heteroatoms. The lowest BCUT2D eigenvalue weighted by atomic mass is 10.0. The number of likely N-dealkylation sites (N-methyl/N-ethyl adjacent to an activating group) is 1. The average Bonchev–Trinajstić information content (AvgIpc) is 2.97. The van der Waals surface area contributed by atoms with Crippen LogP contribution in [0.15, 0.2) is 30.3 Å². The number of carbonyl (C=O) groups excluding carboxylic acids is 1. The van der Waals surface area contributed by atoms with Gasteiger partial charge in [0.25, 0.3) is 0 Å². The number of carbonyl (C=O) groups is 1. The van der Waals surface area contributed by atoms with E-state index in [1.54, 1.807) is 0 Å². The molecule has 0 fully saturated rings. The molecule has 8 nitrogen and oxygen atoms in total. The number of hydrogen-bond donors (Lipinski definition) is 5. The van der Waals surface area contributed by atoms with Gasteiger partial charge in [-0.3, -0.25) is 9.69 Å². The summed E-state index contributed by atoms with van der Waals surface area (Å²) in [4.78, 5) is 37.9. The van der Waals surface area contributed by atoms with Crippen LogP contribution >= 0.6 is 7.82 Å². The van der Waals surface area contributed by atoms with Crippen LogP contribution in [0, 0.1) is 0 Å². The van der Waals surface area contributed by atoms with Crippen LogP contribution in [0.1, 0.15) is 19.0 Å². The molecule has 1 aromatic carbocycles. The third kappa shape index (κ3) is 6.12. The van der Waals surface area contributed by atoms with Crippen molar-refractivity contribution < 1.29 is 24.0 Å². The molecule has 1 amide bonds. The number of rotatable bonds is 4. The van der Waals surface area contributed by atoms with Crippen LogP contribution < -0.4 is 5.32 Å². The third-order valence-corrected chi connectivity index (χ3v) is 3.93. The molecule has 25 heavy (non-hydrogen) atoms. The van der Waals surface area contributed by atoms with E-state index in [0.717, 1.165) is 42.6 Å². The minimum Gasteiger partial charge on any atom is -0.355 e. The minimum absolute atomic E-state index is 0.706. The number of anilines is 1. The Balaban J connectivity index is 0.000000399. The zero-order chi connectivity index (χ0) is 18.4. The smallest absolute Gasteiger partial charge is 0.355 e. The molecule has 3 rings (SSSR count). The van der Waals surface area contributed by atoms with E-state index in [2.05, 4.69) is 34.3 Å². The number of benzene rings is 1. The second-order valence-electron chi connectivity index (χ2n) is 5.63. The van der Waals surface area contributed by atoms with E-state index in [0.29, 0.717) is 6.41 Å². The Bertz CT molecular complexity index is 803. The van der Waals surface area contributed by atoms with Gasteiger partial charge in [0.05, 0.1) is 0 Å². The van der Waals surface area contributed by atoms with Gasteiger partial charge >= 0.3 is 7.82 Å². The number of hydrogen-bond acceptors (Lipinski definition) is 3. The number of aromatic nitrogens is 1. The number of fused-ring (bicyclic) bond motifs is 1. The molecular formula is C16H22N3O5P. The molecule has 0 radical (unpaired) electrons. The molecule has 0 spiro atoms. The van der Waals surface area contributed by atoms with E-state index in [-0.39, 0.29) is 0 Å². The van der Waals surface area contributed by atoms with E-state index in [1.807, 2.05) is 18.2 Å². The number of aromatic amines is 1. The molecular weight excluding hydrogens is 345 g/mol. The normalized spacial score (nSPS) is 15.3. The standard InChI is InChI=1S/C16H19N3O.H3O4P/c1-2-19-7-5-12(6-8-19)16-10-13-9-14(17-11-20)3-4-15(13)18-16;1-5(2,3)4/h3-5,9-11,18H,2,6-8H2,1H3,(H,17,20);(H3,1,2,3,4). The van der Waals surface area contributed by atoms with Crippen molar-refractivity contribution in [3.63, 3.8) is 0 Å². The van der Waals surface area contributed by atoms with E-state index in [4.69, 9.17) is 19.2 Å². The lowest BCUT2D eigenvalue weighted by Crippen LogP contribution is -2.28. The first-order chi connectivity index (χ1) is 11.8. The predicted octanol–water partition coefficient (Wildman–Crippen LogP) is 1.92. The van der Waals surface area contributed by atoms with E-state index >= 15 is 0 Å². The minimum atomic E-state index is -4.64. The van der Waals surface area contributed by atoms with Gasteiger partial charge in [0.15, 0.2) is 0 Å². The van der Waals surface area contributed by atoms with Crippen molar-refractivity contribution >= 4 is 36.4 Å². The molecule has 1 aromatic heterocycles. The highest BCUT2D eigenvalue weighted by Crippen LogP contribution is 2.27. The second-order valence-corrected chi connectivity index (χ2v) is 6.66. The van der Waals surface area contributed by atoms with Gasteiger partial charge in [-0.2, -0.15) is 0 Å². The van der Waals surface area contributed by atoms with E-state index in [9.17, 15) is 4.79 Å². The van der Waals surface area contributed by atoms with Crippen LogP contribution in [0.4, 0.5) is 5.69 Å². The van der Waals surface area contributed by atoms with Gasteiger partial charge in [0.1, 0.15) is 0 Å². The molecule has 2 heterocycles. The SMILES string of the molecule is CCN1CC=C(c2cc3cc(NC=O)ccc3[nH]2)CC1.O=P(O)(O)O. The molecule has 1 aliphatic rings. The summed E-state index contributed by atoms with van der Waals surface area (Å²) in [7, 11) is -4.64. The van der Waals surface area contributed by atoms with Crippen LogP contribution in [-0.2, 0) is 9.36 Å². The number of amides is 1. The fraction of sp³-hybridized carbons (Fsp3) is 0.312. The topological polar surface area (TPSA) is 126 Å². The number of nitrogens with zero attached hydrogens (tertiary/aromatic N) is 1. The quantitative estimate of drug-likeness (QED) is 0.415. The summed E-state index contributed by atoms with van der Waals surface area (Å²) >= 11 is 0. The van der Waals surface area contributed by atoms with E-state index < -0.39 is 7.82 Å². The lowest BCUT2D eigenvalue weighted by Gasteiger charge is -2.24. The molecule has 0 saturated carbocycles. The van der Waals surface area contributed by atoms with Gasteiger partial charge in [-0.1, -0.05) is 13.0 Å². The fourth-order valence-electron chi connectivity index (χ4n) is 2.71.